The fraction of sp³-hybridized carbons (Fsp3) is 0.500. The number of aliphatic carboxylic acids is 1. The van der Waals surface area contributed by atoms with Crippen LogP contribution < -0.4 is 10.6 Å². The molecule has 0 spiro atoms. The van der Waals surface area contributed by atoms with Crippen molar-refractivity contribution < 1.29 is 23.9 Å². The van der Waals surface area contributed by atoms with Crippen molar-refractivity contribution in [2.24, 2.45) is 5.41 Å². The Morgan fingerprint density at radius 2 is 1.95 bits per heavy atom. The second kappa shape index (κ2) is 7.47. The van der Waals surface area contributed by atoms with Gasteiger partial charge in [-0.1, -0.05) is 0 Å². The average Bonchev–Trinajstić information content (AvgIpc) is 2.92. The third kappa shape index (κ3) is 5.68. The number of carbonyl (C=O) groups is 3. The van der Waals surface area contributed by atoms with Gasteiger partial charge in [0, 0.05) is 19.5 Å². The first-order valence-corrected chi connectivity index (χ1v) is 6.65. The first-order chi connectivity index (χ1) is 9.83. The molecule has 0 radical (unpaired) electrons. The van der Waals surface area contributed by atoms with Crippen LogP contribution in [0.15, 0.2) is 22.8 Å². The fourth-order valence-electron chi connectivity index (χ4n) is 1.49. The number of hydrogen-bond acceptors (Lipinski definition) is 4. The van der Waals surface area contributed by atoms with E-state index in [4.69, 9.17) is 9.52 Å². The van der Waals surface area contributed by atoms with E-state index in [1.54, 1.807) is 19.9 Å². The van der Waals surface area contributed by atoms with E-state index < -0.39 is 11.4 Å². The average molecular weight is 296 g/mol. The number of carbonyl (C=O) groups excluding carboxylic acids is 2. The number of hydrogen-bond donors (Lipinski definition) is 3. The van der Waals surface area contributed by atoms with Gasteiger partial charge in [0.15, 0.2) is 5.76 Å². The highest BCUT2D eigenvalue weighted by Crippen LogP contribution is 2.19. The molecule has 0 fully saturated rings. The van der Waals surface area contributed by atoms with Gasteiger partial charge in [-0.3, -0.25) is 14.4 Å². The molecule has 1 aromatic heterocycles. The lowest BCUT2D eigenvalue weighted by Crippen LogP contribution is -2.34. The number of carboxylic acids is 1. The van der Waals surface area contributed by atoms with Crippen LogP contribution in [0.25, 0.3) is 0 Å². The summed E-state index contributed by atoms with van der Waals surface area (Å²) in [7, 11) is 0. The molecule has 0 aliphatic heterocycles. The minimum absolute atomic E-state index is 0.125. The molecule has 1 heterocycles. The molecule has 0 aliphatic rings. The fourth-order valence-corrected chi connectivity index (χ4v) is 1.49. The van der Waals surface area contributed by atoms with E-state index in [2.05, 4.69) is 10.6 Å². The summed E-state index contributed by atoms with van der Waals surface area (Å²) in [5.41, 5.74) is -0.874. The number of carboxylic acid groups (broad SMARTS) is 1. The number of furan rings is 1. The molecule has 3 N–H and O–H groups in total. The normalized spacial score (nSPS) is 11.0. The molecular weight excluding hydrogens is 276 g/mol. The molecule has 116 valence electrons. The zero-order chi connectivity index (χ0) is 15.9. The minimum atomic E-state index is -0.900. The first-order valence-electron chi connectivity index (χ1n) is 6.65. The molecule has 0 bridgehead atoms. The van der Waals surface area contributed by atoms with Crippen molar-refractivity contribution in [2.45, 2.75) is 26.7 Å². The van der Waals surface area contributed by atoms with Crippen LogP contribution in [0, 0.1) is 5.41 Å². The summed E-state index contributed by atoms with van der Waals surface area (Å²) in [6, 6.07) is 3.13. The molecule has 0 saturated carbocycles. The Morgan fingerprint density at radius 1 is 1.24 bits per heavy atom. The Hall–Kier alpha value is -2.31. The SMILES string of the molecule is CC(C)(CCNC(=O)CCNC(=O)c1ccco1)C(=O)O. The summed E-state index contributed by atoms with van der Waals surface area (Å²) in [5.74, 6) is -1.32. The highest BCUT2D eigenvalue weighted by molar-refractivity contribution is 5.91. The Labute approximate surface area is 122 Å². The monoisotopic (exact) mass is 296 g/mol. The number of amides is 2. The molecule has 1 rings (SSSR count). The Kier molecular flexibility index (Phi) is 5.95. The molecule has 2 amide bonds. The highest BCUT2D eigenvalue weighted by Gasteiger charge is 2.26. The Bertz CT molecular complexity index is 493. The minimum Gasteiger partial charge on any atom is -0.481 e. The molecule has 0 unspecified atom stereocenters. The summed E-state index contributed by atoms with van der Waals surface area (Å²) in [4.78, 5) is 33.9. The van der Waals surface area contributed by atoms with Crippen LogP contribution in [-0.4, -0.2) is 36.0 Å². The van der Waals surface area contributed by atoms with Crippen LogP contribution >= 0.6 is 0 Å². The highest BCUT2D eigenvalue weighted by atomic mass is 16.4. The molecule has 0 aromatic carbocycles. The predicted molar refractivity (Wildman–Crippen MR) is 74.7 cm³/mol. The van der Waals surface area contributed by atoms with Gasteiger partial charge in [-0.05, 0) is 32.4 Å². The predicted octanol–water partition coefficient (Wildman–Crippen LogP) is 1.02. The van der Waals surface area contributed by atoms with Crippen molar-refractivity contribution >= 4 is 17.8 Å². The molecule has 7 heteroatoms. The van der Waals surface area contributed by atoms with Gasteiger partial charge in [0.25, 0.3) is 5.91 Å². The van der Waals surface area contributed by atoms with Crippen molar-refractivity contribution in [3.8, 4) is 0 Å². The van der Waals surface area contributed by atoms with Gasteiger partial charge in [0.2, 0.25) is 5.91 Å². The lowest BCUT2D eigenvalue weighted by atomic mass is 9.90. The van der Waals surface area contributed by atoms with Gasteiger partial charge in [0.05, 0.1) is 11.7 Å². The Balaban J connectivity index is 2.17. The second-order valence-electron chi connectivity index (χ2n) is 5.27. The summed E-state index contributed by atoms with van der Waals surface area (Å²) in [6.07, 6.45) is 1.86. The summed E-state index contributed by atoms with van der Waals surface area (Å²) in [5, 5.41) is 14.1. The van der Waals surface area contributed by atoms with Crippen molar-refractivity contribution in [3.63, 3.8) is 0 Å². The van der Waals surface area contributed by atoms with E-state index in [-0.39, 0.29) is 37.1 Å². The zero-order valence-electron chi connectivity index (χ0n) is 12.1. The zero-order valence-corrected chi connectivity index (χ0v) is 12.1. The maximum atomic E-state index is 11.5. The van der Waals surface area contributed by atoms with E-state index >= 15 is 0 Å². The van der Waals surface area contributed by atoms with Crippen LogP contribution in [0.2, 0.25) is 0 Å². The van der Waals surface area contributed by atoms with Gasteiger partial charge in [-0.2, -0.15) is 0 Å². The molecule has 1 aromatic rings. The van der Waals surface area contributed by atoms with Gasteiger partial charge < -0.3 is 20.2 Å². The second-order valence-corrected chi connectivity index (χ2v) is 5.27. The van der Waals surface area contributed by atoms with Crippen LogP contribution in [0.1, 0.15) is 37.2 Å². The quantitative estimate of drug-likeness (QED) is 0.663. The molecule has 21 heavy (non-hydrogen) atoms. The van der Waals surface area contributed by atoms with E-state index in [9.17, 15) is 14.4 Å². The lowest BCUT2D eigenvalue weighted by molar-refractivity contribution is -0.147. The van der Waals surface area contributed by atoms with Gasteiger partial charge >= 0.3 is 5.97 Å². The molecule has 0 aliphatic carbocycles. The van der Waals surface area contributed by atoms with Crippen LogP contribution in [-0.2, 0) is 9.59 Å². The third-order valence-corrected chi connectivity index (χ3v) is 3.03. The van der Waals surface area contributed by atoms with Crippen molar-refractivity contribution in [3.05, 3.63) is 24.2 Å². The summed E-state index contributed by atoms with van der Waals surface area (Å²) in [6.45, 7) is 3.67. The smallest absolute Gasteiger partial charge is 0.309 e. The summed E-state index contributed by atoms with van der Waals surface area (Å²) < 4.78 is 4.91. The maximum absolute atomic E-state index is 11.5. The van der Waals surface area contributed by atoms with Gasteiger partial charge in [-0.15, -0.1) is 0 Å². The van der Waals surface area contributed by atoms with E-state index in [0.29, 0.717) is 6.42 Å². The number of nitrogens with one attached hydrogen (secondary N) is 2. The first kappa shape index (κ1) is 16.7. The van der Waals surface area contributed by atoms with E-state index in [1.165, 1.54) is 12.3 Å². The summed E-state index contributed by atoms with van der Waals surface area (Å²) >= 11 is 0. The van der Waals surface area contributed by atoms with Crippen LogP contribution in [0.4, 0.5) is 0 Å². The topological polar surface area (TPSA) is 109 Å². The third-order valence-electron chi connectivity index (χ3n) is 3.03. The Morgan fingerprint density at radius 3 is 2.52 bits per heavy atom. The van der Waals surface area contributed by atoms with E-state index in [0.717, 1.165) is 0 Å². The largest absolute Gasteiger partial charge is 0.481 e. The lowest BCUT2D eigenvalue weighted by Gasteiger charge is -2.18. The van der Waals surface area contributed by atoms with Crippen molar-refractivity contribution in [1.29, 1.82) is 0 Å². The molecular formula is C14H20N2O5. The molecule has 7 nitrogen and oxygen atoms in total. The standard InChI is InChI=1S/C14H20N2O5/c1-14(2,13(19)20)6-8-15-11(17)5-7-16-12(18)10-4-3-9-21-10/h3-4,9H,5-8H2,1-2H3,(H,15,17)(H,16,18)(H,19,20). The molecule has 0 atom stereocenters. The number of rotatable bonds is 8. The van der Waals surface area contributed by atoms with Gasteiger partial charge in [0.1, 0.15) is 0 Å². The molecule has 0 saturated heterocycles. The van der Waals surface area contributed by atoms with Crippen LogP contribution in [0.5, 0.6) is 0 Å². The van der Waals surface area contributed by atoms with Gasteiger partial charge in [-0.25, -0.2) is 0 Å². The van der Waals surface area contributed by atoms with Crippen molar-refractivity contribution in [1.82, 2.24) is 10.6 Å². The van der Waals surface area contributed by atoms with Crippen LogP contribution in [0.3, 0.4) is 0 Å². The van der Waals surface area contributed by atoms with Crippen molar-refractivity contribution in [2.75, 3.05) is 13.1 Å². The van der Waals surface area contributed by atoms with E-state index in [1.807, 2.05) is 0 Å². The maximum Gasteiger partial charge on any atom is 0.309 e.